The van der Waals surface area contributed by atoms with E-state index in [9.17, 15) is 0 Å². The largest absolute Gasteiger partial charge is 0.378 e. The molecule has 0 amide bonds. The first kappa shape index (κ1) is 35.4. The number of ether oxygens (including phenoxy) is 1. The van der Waals surface area contributed by atoms with Gasteiger partial charge in [0.2, 0.25) is 0 Å². The minimum Gasteiger partial charge on any atom is -0.378 e. The predicted molar refractivity (Wildman–Crippen MR) is 227 cm³/mol. The number of hydrogen-bond acceptors (Lipinski definition) is 12. The summed E-state index contributed by atoms with van der Waals surface area (Å²) in [4.78, 5) is 27.8. The van der Waals surface area contributed by atoms with Gasteiger partial charge in [0.05, 0.1) is 53.6 Å². The highest BCUT2D eigenvalue weighted by atomic mass is 32.1. The minimum atomic E-state index is 0.589. The van der Waals surface area contributed by atoms with Gasteiger partial charge in [0.15, 0.2) is 11.3 Å². The Labute approximate surface area is 336 Å². The molecular formula is C44H36N12OS. The molecule has 284 valence electrons. The number of aryl methyl sites for hydroxylation is 1. The van der Waals surface area contributed by atoms with Gasteiger partial charge in [0.25, 0.3) is 0 Å². The molecule has 58 heavy (non-hydrogen) atoms. The average Bonchev–Trinajstić information content (AvgIpc) is 4.02. The van der Waals surface area contributed by atoms with Gasteiger partial charge in [-0.2, -0.15) is 0 Å². The van der Waals surface area contributed by atoms with Crippen LogP contribution in [0.15, 0.2) is 128 Å². The van der Waals surface area contributed by atoms with Crippen molar-refractivity contribution < 1.29 is 4.74 Å². The third-order valence-corrected chi connectivity index (χ3v) is 11.1. The summed E-state index contributed by atoms with van der Waals surface area (Å²) < 4.78 is 9.12. The van der Waals surface area contributed by atoms with Crippen molar-refractivity contribution in [2.45, 2.75) is 20.0 Å². The summed E-state index contributed by atoms with van der Waals surface area (Å²) in [5.41, 5.74) is 10.2. The minimum absolute atomic E-state index is 0.589. The molecule has 2 aromatic carbocycles. The molecule has 1 fully saturated rings. The molecule has 0 N–H and O–H groups in total. The van der Waals surface area contributed by atoms with Crippen molar-refractivity contribution in [3.63, 3.8) is 0 Å². The number of nitrogens with zero attached hydrogens (tertiary/aromatic N) is 12. The quantitative estimate of drug-likeness (QED) is 0.157. The van der Waals surface area contributed by atoms with E-state index in [-0.39, 0.29) is 0 Å². The first-order valence-electron chi connectivity index (χ1n) is 19.0. The van der Waals surface area contributed by atoms with Gasteiger partial charge in [0, 0.05) is 52.9 Å². The standard InChI is InChI=1S/C24H21N7O.C20H15N5S/c1-2-18-14-17(3-5-20(18)25-9-1)16-31-24-22(28-29-31)7-6-21(27-24)19-4-8-23(26-15-19)30-10-12-32-13-11-30;1-13-4-9-19(26-13)17-7-8-18-20(22-17)25(24-23-18)12-14-5-6-16-15(11-14)3-2-10-21-16/h1-9,14-15H,10-13,16H2;2-11H,12H2,1H3. The summed E-state index contributed by atoms with van der Waals surface area (Å²) in [7, 11) is 0. The second kappa shape index (κ2) is 15.5. The van der Waals surface area contributed by atoms with E-state index in [1.54, 1.807) is 17.5 Å². The Hall–Kier alpha value is -7.03. The first-order chi connectivity index (χ1) is 28.6. The van der Waals surface area contributed by atoms with Crippen LogP contribution in [-0.4, -0.2) is 81.2 Å². The van der Waals surface area contributed by atoms with Gasteiger partial charge in [-0.1, -0.05) is 34.7 Å². The maximum Gasteiger partial charge on any atom is 0.179 e. The number of benzene rings is 2. The zero-order valence-corrected chi connectivity index (χ0v) is 32.4. The highest BCUT2D eigenvalue weighted by Crippen LogP contribution is 2.28. The number of hydrogen-bond donors (Lipinski definition) is 0. The number of thiophene rings is 1. The van der Waals surface area contributed by atoms with E-state index in [1.807, 2.05) is 76.4 Å². The highest BCUT2D eigenvalue weighted by Gasteiger charge is 2.15. The number of pyridine rings is 5. The molecule has 10 aromatic rings. The molecule has 0 spiro atoms. The average molecular weight is 781 g/mol. The van der Waals surface area contributed by atoms with Gasteiger partial charge < -0.3 is 9.64 Å². The van der Waals surface area contributed by atoms with Crippen LogP contribution >= 0.6 is 11.3 Å². The lowest BCUT2D eigenvalue weighted by Gasteiger charge is -2.27. The Kier molecular flexibility index (Phi) is 9.45. The van der Waals surface area contributed by atoms with Crippen LogP contribution in [0.25, 0.3) is 66.0 Å². The number of morpholine rings is 1. The third-order valence-electron chi connectivity index (χ3n) is 10.1. The first-order valence-corrected chi connectivity index (χ1v) is 19.9. The van der Waals surface area contributed by atoms with Gasteiger partial charge in [0.1, 0.15) is 16.9 Å². The Balaban J connectivity index is 0.000000144. The maximum atomic E-state index is 5.43. The summed E-state index contributed by atoms with van der Waals surface area (Å²) in [5.74, 6) is 0.968. The number of aromatic nitrogens is 11. The van der Waals surface area contributed by atoms with Gasteiger partial charge in [-0.25, -0.2) is 24.3 Å². The van der Waals surface area contributed by atoms with E-state index in [0.717, 1.165) is 109 Å². The van der Waals surface area contributed by atoms with Crippen molar-refractivity contribution in [1.82, 2.24) is 54.9 Å². The van der Waals surface area contributed by atoms with Crippen LogP contribution in [0, 0.1) is 6.92 Å². The van der Waals surface area contributed by atoms with E-state index in [2.05, 4.69) is 102 Å². The van der Waals surface area contributed by atoms with Gasteiger partial charge in [-0.15, -0.1) is 21.5 Å². The van der Waals surface area contributed by atoms with Gasteiger partial charge >= 0.3 is 0 Å². The van der Waals surface area contributed by atoms with Crippen LogP contribution in [0.3, 0.4) is 0 Å². The van der Waals surface area contributed by atoms with Crippen molar-refractivity contribution in [2.24, 2.45) is 0 Å². The molecule has 8 aromatic heterocycles. The van der Waals surface area contributed by atoms with E-state index < -0.39 is 0 Å². The molecule has 0 aliphatic carbocycles. The summed E-state index contributed by atoms with van der Waals surface area (Å²) >= 11 is 1.74. The zero-order valence-electron chi connectivity index (χ0n) is 31.6. The summed E-state index contributed by atoms with van der Waals surface area (Å²) in [6.07, 6.45) is 5.49. The smallest absolute Gasteiger partial charge is 0.179 e. The topological polar surface area (TPSA) is 138 Å². The fourth-order valence-corrected chi connectivity index (χ4v) is 7.94. The van der Waals surface area contributed by atoms with Crippen molar-refractivity contribution in [3.05, 3.63) is 144 Å². The van der Waals surface area contributed by atoms with Crippen LogP contribution in [-0.2, 0) is 17.8 Å². The Morgan fingerprint density at radius 2 is 1.21 bits per heavy atom. The number of rotatable bonds is 7. The molecule has 0 atom stereocenters. The van der Waals surface area contributed by atoms with Crippen molar-refractivity contribution >= 4 is 61.3 Å². The van der Waals surface area contributed by atoms with Crippen molar-refractivity contribution in [2.75, 3.05) is 31.2 Å². The van der Waals surface area contributed by atoms with E-state index in [4.69, 9.17) is 14.7 Å². The number of fused-ring (bicyclic) bond motifs is 4. The molecule has 1 aliphatic rings. The molecule has 14 heteroatoms. The maximum absolute atomic E-state index is 5.43. The normalized spacial score (nSPS) is 13.0. The molecular weight excluding hydrogens is 745 g/mol. The summed E-state index contributed by atoms with van der Waals surface area (Å²) in [6, 6.07) is 36.8. The van der Waals surface area contributed by atoms with Crippen LogP contribution < -0.4 is 4.90 Å². The second-order valence-electron chi connectivity index (χ2n) is 14.0. The predicted octanol–water partition coefficient (Wildman–Crippen LogP) is 7.78. The molecule has 0 bridgehead atoms. The van der Waals surface area contributed by atoms with Crippen molar-refractivity contribution in [3.8, 4) is 21.8 Å². The molecule has 0 saturated carbocycles. The van der Waals surface area contributed by atoms with Gasteiger partial charge in [-0.05, 0) is 103 Å². The molecule has 13 nitrogen and oxygen atoms in total. The molecule has 1 saturated heterocycles. The van der Waals surface area contributed by atoms with E-state index in [0.29, 0.717) is 13.1 Å². The lowest BCUT2D eigenvalue weighted by Crippen LogP contribution is -2.36. The second-order valence-corrected chi connectivity index (χ2v) is 15.3. The third kappa shape index (κ3) is 7.33. The molecule has 1 aliphatic heterocycles. The molecule has 0 radical (unpaired) electrons. The van der Waals surface area contributed by atoms with E-state index in [1.165, 1.54) is 4.88 Å². The summed E-state index contributed by atoms with van der Waals surface area (Å²) in [6.45, 7) is 6.54. The van der Waals surface area contributed by atoms with Crippen LogP contribution in [0.4, 0.5) is 5.82 Å². The Bertz CT molecular complexity index is 3040. The van der Waals surface area contributed by atoms with Crippen LogP contribution in [0.5, 0.6) is 0 Å². The monoisotopic (exact) mass is 780 g/mol. The van der Waals surface area contributed by atoms with E-state index >= 15 is 0 Å². The fourth-order valence-electron chi connectivity index (χ4n) is 7.10. The Morgan fingerprint density at radius 1 is 0.603 bits per heavy atom. The van der Waals surface area contributed by atoms with Crippen LogP contribution in [0.1, 0.15) is 16.0 Å². The van der Waals surface area contributed by atoms with Gasteiger partial charge in [-0.3, -0.25) is 9.97 Å². The number of anilines is 1. The molecule has 9 heterocycles. The molecule has 11 rings (SSSR count). The SMILES string of the molecule is Cc1ccc(-c2ccc3nnn(Cc4ccc5ncccc5c4)c3n2)s1.c1cnc2ccc(Cn3nnc4ccc(-c5ccc(N6CCOCC6)nc5)nc43)cc2c1. The highest BCUT2D eigenvalue weighted by molar-refractivity contribution is 7.15. The lowest BCUT2D eigenvalue weighted by molar-refractivity contribution is 0.122. The lowest BCUT2D eigenvalue weighted by atomic mass is 10.1. The summed E-state index contributed by atoms with van der Waals surface area (Å²) in [5, 5.41) is 19.4. The molecule has 0 unspecified atom stereocenters. The van der Waals surface area contributed by atoms with Crippen LogP contribution in [0.2, 0.25) is 0 Å². The Morgan fingerprint density at radius 3 is 1.79 bits per heavy atom. The fraction of sp³-hybridized carbons (Fsp3) is 0.159. The van der Waals surface area contributed by atoms with Crippen molar-refractivity contribution in [1.29, 1.82) is 0 Å². The zero-order chi connectivity index (χ0) is 38.8.